The summed E-state index contributed by atoms with van der Waals surface area (Å²) < 4.78 is 26.3. The van der Waals surface area contributed by atoms with Crippen LogP contribution >= 0.6 is 0 Å². The number of benzene rings is 2. The van der Waals surface area contributed by atoms with Crippen LogP contribution in [0.4, 0.5) is 4.39 Å². The van der Waals surface area contributed by atoms with Crippen molar-refractivity contribution in [3.05, 3.63) is 95.1 Å². The number of ketones is 1. The number of esters is 2. The van der Waals surface area contributed by atoms with E-state index in [4.69, 9.17) is 9.47 Å². The maximum absolute atomic E-state index is 14.1. The fourth-order valence-corrected chi connectivity index (χ4v) is 4.57. The fraction of sp³-hybridized carbons (Fsp3) is 0.200. The third-order valence-corrected chi connectivity index (χ3v) is 6.05. The Morgan fingerprint density at radius 3 is 2.05 bits per heavy atom. The van der Waals surface area contributed by atoms with Gasteiger partial charge in [0, 0.05) is 22.5 Å². The van der Waals surface area contributed by atoms with E-state index in [1.165, 1.54) is 12.1 Å². The van der Waals surface area contributed by atoms with Crippen LogP contribution in [-0.4, -0.2) is 39.3 Å². The highest BCUT2D eigenvalue weighted by Gasteiger charge is 2.35. The van der Waals surface area contributed by atoms with Crippen LogP contribution in [0.3, 0.4) is 0 Å². The molecule has 5 aromatic rings. The van der Waals surface area contributed by atoms with Crippen molar-refractivity contribution in [1.29, 1.82) is 0 Å². The van der Waals surface area contributed by atoms with Gasteiger partial charge in [0.1, 0.15) is 22.6 Å². The minimum Gasteiger partial charge on any atom is -0.459 e. The summed E-state index contributed by atoms with van der Waals surface area (Å²) in [6.45, 7) is 6.74. The summed E-state index contributed by atoms with van der Waals surface area (Å²) in [5, 5.41) is 1.54. The number of carbonyl (C=O) groups excluding carboxylic acids is 3. The Labute approximate surface area is 217 Å². The van der Waals surface area contributed by atoms with E-state index in [1.807, 2.05) is 18.2 Å². The molecule has 0 aliphatic heterocycles. The number of halogens is 1. The highest BCUT2D eigenvalue weighted by atomic mass is 19.1. The van der Waals surface area contributed by atoms with Crippen molar-refractivity contribution in [1.82, 2.24) is 9.38 Å². The quantitative estimate of drug-likeness (QED) is 0.154. The van der Waals surface area contributed by atoms with E-state index >= 15 is 0 Å². The van der Waals surface area contributed by atoms with Gasteiger partial charge >= 0.3 is 11.9 Å². The van der Waals surface area contributed by atoms with Crippen molar-refractivity contribution in [3.8, 4) is 0 Å². The Morgan fingerprint density at radius 2 is 1.39 bits per heavy atom. The summed E-state index contributed by atoms with van der Waals surface area (Å²) >= 11 is 0. The van der Waals surface area contributed by atoms with E-state index in [0.717, 1.165) is 22.9 Å². The molecule has 5 rings (SSSR count). The van der Waals surface area contributed by atoms with E-state index in [0.29, 0.717) is 16.6 Å². The van der Waals surface area contributed by atoms with Gasteiger partial charge in [0.2, 0.25) is 5.78 Å². The largest absolute Gasteiger partial charge is 0.459 e. The highest BCUT2D eigenvalue weighted by molar-refractivity contribution is 6.21. The molecule has 0 saturated heterocycles. The molecular formula is C30H25FN2O5. The molecule has 0 bridgehead atoms. The van der Waals surface area contributed by atoms with E-state index < -0.39 is 35.7 Å². The second-order valence-electron chi connectivity index (χ2n) is 9.48. The first-order chi connectivity index (χ1) is 18.2. The molecule has 2 aromatic carbocycles. The van der Waals surface area contributed by atoms with Gasteiger partial charge in [-0.1, -0.05) is 24.3 Å². The van der Waals surface area contributed by atoms with Gasteiger partial charge in [-0.05, 0) is 64.1 Å². The first-order valence-electron chi connectivity index (χ1n) is 12.2. The minimum atomic E-state index is -0.841. The lowest BCUT2D eigenvalue weighted by Crippen LogP contribution is -2.20. The van der Waals surface area contributed by atoms with Crippen molar-refractivity contribution >= 4 is 45.0 Å². The normalized spacial score (nSPS) is 11.6. The average Bonchev–Trinajstić information content (AvgIpc) is 3.23. The smallest absolute Gasteiger partial charge is 0.341 e. The Bertz CT molecular complexity index is 1740. The number of carbonyl (C=O) groups is 3. The molecule has 38 heavy (non-hydrogen) atoms. The molecule has 8 heteroatoms. The Balaban J connectivity index is 1.99. The SMILES string of the molecule is CC(C)OC(=O)c1c(C(=O)OC(C)C)c2ccc3ccc4cccnc4c3n2c1C(=O)c1ccc(F)cc1. The van der Waals surface area contributed by atoms with Gasteiger partial charge in [-0.15, -0.1) is 0 Å². The van der Waals surface area contributed by atoms with Gasteiger partial charge in [0.25, 0.3) is 0 Å². The summed E-state index contributed by atoms with van der Waals surface area (Å²) in [5.74, 6) is -2.70. The number of fused-ring (bicyclic) bond motifs is 5. The monoisotopic (exact) mass is 512 g/mol. The van der Waals surface area contributed by atoms with Crippen LogP contribution in [0.25, 0.3) is 27.3 Å². The number of hydrogen-bond donors (Lipinski definition) is 0. The Hall–Kier alpha value is -4.59. The van der Waals surface area contributed by atoms with Crippen LogP contribution in [0.1, 0.15) is 64.5 Å². The topological polar surface area (TPSA) is 87.0 Å². The van der Waals surface area contributed by atoms with Crippen LogP contribution in [0.5, 0.6) is 0 Å². The number of ether oxygens (including phenoxy) is 2. The van der Waals surface area contributed by atoms with Crippen LogP contribution in [0, 0.1) is 5.82 Å². The van der Waals surface area contributed by atoms with Crippen molar-refractivity contribution in [3.63, 3.8) is 0 Å². The van der Waals surface area contributed by atoms with E-state index in [2.05, 4.69) is 4.98 Å². The van der Waals surface area contributed by atoms with Gasteiger partial charge in [-0.3, -0.25) is 9.78 Å². The molecule has 0 N–H and O–H groups in total. The van der Waals surface area contributed by atoms with Crippen LogP contribution in [-0.2, 0) is 9.47 Å². The standard InChI is InChI=1S/C30H25FN2O5/c1-16(2)37-29(35)23-22-14-11-19-8-7-18-6-5-15-32-25(18)26(19)33(22)27(24(23)30(36)38-17(3)4)28(34)20-9-12-21(31)13-10-20/h5-17H,1-4H3. The third-order valence-electron chi connectivity index (χ3n) is 6.05. The molecule has 0 aliphatic carbocycles. The molecule has 0 unspecified atom stereocenters. The van der Waals surface area contributed by atoms with E-state index in [1.54, 1.807) is 56.5 Å². The highest BCUT2D eigenvalue weighted by Crippen LogP contribution is 2.34. The van der Waals surface area contributed by atoms with Gasteiger partial charge < -0.3 is 13.9 Å². The fourth-order valence-electron chi connectivity index (χ4n) is 4.57. The summed E-state index contributed by atoms with van der Waals surface area (Å²) in [6.07, 6.45) is 0.631. The van der Waals surface area contributed by atoms with Gasteiger partial charge in [-0.2, -0.15) is 0 Å². The number of nitrogens with zero attached hydrogens (tertiary/aromatic N) is 2. The van der Waals surface area contributed by atoms with Crippen LogP contribution in [0.2, 0.25) is 0 Å². The molecule has 0 spiro atoms. The Kier molecular flexibility index (Phi) is 6.40. The number of aromatic nitrogens is 2. The summed E-state index contributed by atoms with van der Waals surface area (Å²) in [6, 6.07) is 15.9. The third kappa shape index (κ3) is 4.28. The van der Waals surface area contributed by atoms with Crippen molar-refractivity contribution in [2.24, 2.45) is 0 Å². The molecular weight excluding hydrogens is 487 g/mol. The van der Waals surface area contributed by atoms with Gasteiger partial charge in [0.15, 0.2) is 0 Å². The molecule has 0 fully saturated rings. The second kappa shape index (κ2) is 9.70. The zero-order chi connectivity index (χ0) is 27.1. The second-order valence-corrected chi connectivity index (χ2v) is 9.48. The van der Waals surface area contributed by atoms with Crippen LogP contribution < -0.4 is 0 Å². The molecule has 0 saturated carbocycles. The predicted octanol–water partition coefficient (Wildman–Crippen LogP) is 6.14. The number of pyridine rings is 2. The first-order valence-corrected chi connectivity index (χ1v) is 12.2. The lowest BCUT2D eigenvalue weighted by atomic mass is 10.0. The zero-order valence-electron chi connectivity index (χ0n) is 21.3. The summed E-state index contributed by atoms with van der Waals surface area (Å²) in [5.41, 5.74) is 1.17. The molecule has 0 amide bonds. The molecule has 0 aliphatic rings. The van der Waals surface area contributed by atoms with Gasteiger partial charge in [-0.25, -0.2) is 14.0 Å². The van der Waals surface area contributed by atoms with Crippen LogP contribution in [0.15, 0.2) is 66.9 Å². The van der Waals surface area contributed by atoms with Crippen molar-refractivity contribution in [2.45, 2.75) is 39.9 Å². The lowest BCUT2D eigenvalue weighted by Gasteiger charge is -2.12. The van der Waals surface area contributed by atoms with Crippen molar-refractivity contribution in [2.75, 3.05) is 0 Å². The molecule has 3 aromatic heterocycles. The van der Waals surface area contributed by atoms with E-state index in [9.17, 15) is 18.8 Å². The average molecular weight is 513 g/mol. The Morgan fingerprint density at radius 1 is 0.789 bits per heavy atom. The molecule has 7 nitrogen and oxygen atoms in total. The molecule has 0 atom stereocenters. The molecule has 192 valence electrons. The number of hydrogen-bond acceptors (Lipinski definition) is 6. The first kappa shape index (κ1) is 25.1. The summed E-state index contributed by atoms with van der Waals surface area (Å²) in [4.78, 5) is 45.7. The zero-order valence-corrected chi connectivity index (χ0v) is 21.3. The maximum atomic E-state index is 14.1. The minimum absolute atomic E-state index is 0.0790. The van der Waals surface area contributed by atoms with Gasteiger partial charge in [0.05, 0.1) is 28.8 Å². The molecule has 0 radical (unpaired) electrons. The lowest BCUT2D eigenvalue weighted by molar-refractivity contribution is 0.0330. The number of rotatable bonds is 6. The van der Waals surface area contributed by atoms with Crippen molar-refractivity contribution < 1.29 is 28.2 Å². The predicted molar refractivity (Wildman–Crippen MR) is 141 cm³/mol. The maximum Gasteiger partial charge on any atom is 0.341 e. The molecule has 3 heterocycles. The summed E-state index contributed by atoms with van der Waals surface area (Å²) in [7, 11) is 0. The van der Waals surface area contributed by atoms with E-state index in [-0.39, 0.29) is 22.4 Å².